The lowest BCUT2D eigenvalue weighted by molar-refractivity contribution is -0.144. The van der Waals surface area contributed by atoms with Crippen molar-refractivity contribution in [2.24, 2.45) is 11.8 Å². The zero-order chi connectivity index (χ0) is 19.0. The Bertz CT molecular complexity index is 689. The Labute approximate surface area is 160 Å². The van der Waals surface area contributed by atoms with Crippen molar-refractivity contribution in [2.75, 3.05) is 32.9 Å². The third-order valence-corrected chi connectivity index (χ3v) is 6.35. The number of fused-ring (bicyclic) bond motifs is 2. The Morgan fingerprint density at radius 1 is 1.33 bits per heavy atom. The Hall–Kier alpha value is -1.66. The van der Waals surface area contributed by atoms with E-state index < -0.39 is 5.79 Å². The van der Waals surface area contributed by atoms with Crippen LogP contribution in [0, 0.1) is 11.8 Å². The number of carbonyl (C=O) groups excluding carboxylic acids is 2. The summed E-state index contributed by atoms with van der Waals surface area (Å²) in [5, 5.41) is 0. The summed E-state index contributed by atoms with van der Waals surface area (Å²) in [7, 11) is 0. The average Bonchev–Trinajstić information content (AvgIpc) is 3.09. The number of ether oxygens (including phenoxy) is 3. The molecule has 2 aliphatic heterocycles. The van der Waals surface area contributed by atoms with Crippen LogP contribution in [0.3, 0.4) is 0 Å². The van der Waals surface area contributed by atoms with Crippen molar-refractivity contribution in [3.63, 3.8) is 0 Å². The molecule has 0 N–H and O–H groups in total. The molecule has 4 aliphatic rings. The van der Waals surface area contributed by atoms with Crippen LogP contribution >= 0.6 is 0 Å². The van der Waals surface area contributed by atoms with E-state index in [2.05, 4.69) is 11.0 Å². The molecular formula is C21H29NO5. The van der Waals surface area contributed by atoms with Crippen LogP contribution in [0.15, 0.2) is 22.9 Å². The van der Waals surface area contributed by atoms with Crippen molar-refractivity contribution >= 4 is 11.8 Å². The zero-order valence-corrected chi connectivity index (χ0v) is 16.3. The van der Waals surface area contributed by atoms with E-state index in [0.29, 0.717) is 32.2 Å². The highest BCUT2D eigenvalue weighted by Gasteiger charge is 2.45. The second-order valence-corrected chi connectivity index (χ2v) is 8.00. The van der Waals surface area contributed by atoms with Crippen molar-refractivity contribution in [1.82, 2.24) is 4.90 Å². The van der Waals surface area contributed by atoms with E-state index in [1.165, 1.54) is 5.57 Å². The summed E-state index contributed by atoms with van der Waals surface area (Å²) < 4.78 is 16.9. The van der Waals surface area contributed by atoms with Gasteiger partial charge in [0.2, 0.25) is 0 Å². The molecule has 0 aromatic rings. The fourth-order valence-corrected chi connectivity index (χ4v) is 5.10. The number of hydrogen-bond acceptors (Lipinski definition) is 6. The van der Waals surface area contributed by atoms with E-state index in [1.807, 2.05) is 13.8 Å². The van der Waals surface area contributed by atoms with Crippen LogP contribution < -0.4 is 0 Å². The number of rotatable bonds is 4. The van der Waals surface area contributed by atoms with Crippen LogP contribution in [0.1, 0.15) is 46.0 Å². The molecule has 4 rings (SSSR count). The van der Waals surface area contributed by atoms with Crippen molar-refractivity contribution in [3.05, 3.63) is 22.9 Å². The van der Waals surface area contributed by atoms with Gasteiger partial charge in [0.25, 0.3) is 0 Å². The van der Waals surface area contributed by atoms with E-state index in [9.17, 15) is 9.59 Å². The predicted molar refractivity (Wildman–Crippen MR) is 98.7 cm³/mol. The van der Waals surface area contributed by atoms with Gasteiger partial charge < -0.3 is 19.1 Å². The standard InChI is InChI=1S/C21H29NO5/c1-3-25-19(24)13-22-12-14-11-15(21(2)26-9-10-27-21)7-8-16(14)20-17(22)5-4-6-18(20)23/h7,14,16H,3-6,8-13H2,1-2H3/t14-,16-/m1/s1. The molecule has 2 aliphatic carbocycles. The fourth-order valence-electron chi connectivity index (χ4n) is 5.10. The first-order chi connectivity index (χ1) is 13.0. The van der Waals surface area contributed by atoms with Crippen molar-refractivity contribution in [2.45, 2.75) is 51.7 Å². The molecule has 148 valence electrons. The summed E-state index contributed by atoms with van der Waals surface area (Å²) in [6.45, 7) is 6.43. The molecule has 2 heterocycles. The topological polar surface area (TPSA) is 65.1 Å². The Balaban J connectivity index is 1.61. The van der Waals surface area contributed by atoms with E-state index in [0.717, 1.165) is 43.5 Å². The highest BCUT2D eigenvalue weighted by atomic mass is 16.7. The third-order valence-electron chi connectivity index (χ3n) is 6.35. The van der Waals surface area contributed by atoms with Gasteiger partial charge in [0.1, 0.15) is 6.54 Å². The molecule has 0 spiro atoms. The lowest BCUT2D eigenvalue weighted by atomic mass is 9.68. The highest BCUT2D eigenvalue weighted by molar-refractivity contribution is 5.97. The molecule has 1 fully saturated rings. The predicted octanol–water partition coefficient (Wildman–Crippen LogP) is 2.59. The van der Waals surface area contributed by atoms with E-state index in [-0.39, 0.29) is 24.2 Å². The van der Waals surface area contributed by atoms with Gasteiger partial charge >= 0.3 is 5.97 Å². The van der Waals surface area contributed by atoms with E-state index >= 15 is 0 Å². The lowest BCUT2D eigenvalue weighted by Gasteiger charge is -2.46. The summed E-state index contributed by atoms with van der Waals surface area (Å²) in [5.41, 5.74) is 3.22. The average molecular weight is 375 g/mol. The smallest absolute Gasteiger partial charge is 0.325 e. The molecule has 0 aromatic carbocycles. The van der Waals surface area contributed by atoms with Crippen LogP contribution in [0.2, 0.25) is 0 Å². The van der Waals surface area contributed by atoms with Gasteiger partial charge in [-0.3, -0.25) is 9.59 Å². The quantitative estimate of drug-likeness (QED) is 0.556. The van der Waals surface area contributed by atoms with Gasteiger partial charge in [-0.2, -0.15) is 0 Å². The molecule has 2 atom stereocenters. The molecule has 0 radical (unpaired) electrons. The molecular weight excluding hydrogens is 346 g/mol. The largest absolute Gasteiger partial charge is 0.465 e. The monoisotopic (exact) mass is 375 g/mol. The fraction of sp³-hybridized carbons (Fsp3) is 0.714. The maximum atomic E-state index is 12.8. The second kappa shape index (κ2) is 7.40. The first-order valence-electron chi connectivity index (χ1n) is 10.2. The summed E-state index contributed by atoms with van der Waals surface area (Å²) in [6, 6.07) is 0. The van der Waals surface area contributed by atoms with Crippen LogP contribution in [0.4, 0.5) is 0 Å². The maximum Gasteiger partial charge on any atom is 0.325 e. The van der Waals surface area contributed by atoms with Crippen molar-refractivity contribution in [3.8, 4) is 0 Å². The SMILES string of the molecule is CCOC(=O)CN1C[C@H]2CC(C3(C)OCCO3)=CC[C@H]2C2=C1CCCC2=O. The van der Waals surface area contributed by atoms with Gasteiger partial charge in [-0.05, 0) is 56.9 Å². The number of ketones is 1. The first-order valence-corrected chi connectivity index (χ1v) is 10.2. The maximum absolute atomic E-state index is 12.8. The first kappa shape index (κ1) is 18.7. The lowest BCUT2D eigenvalue weighted by Crippen LogP contribution is -2.47. The summed E-state index contributed by atoms with van der Waals surface area (Å²) in [4.78, 5) is 27.0. The molecule has 6 heteroatoms. The number of allylic oxidation sites excluding steroid dienone is 3. The van der Waals surface area contributed by atoms with Crippen LogP contribution in [0.5, 0.6) is 0 Å². The molecule has 0 bridgehead atoms. The summed E-state index contributed by atoms with van der Waals surface area (Å²) in [6.07, 6.45) is 6.28. The van der Waals surface area contributed by atoms with E-state index in [4.69, 9.17) is 14.2 Å². The third kappa shape index (κ3) is 3.45. The Kier molecular flexibility index (Phi) is 5.12. The Morgan fingerprint density at radius 3 is 2.85 bits per heavy atom. The van der Waals surface area contributed by atoms with Gasteiger partial charge in [0, 0.05) is 24.2 Å². The van der Waals surface area contributed by atoms with Gasteiger partial charge in [-0.1, -0.05) is 6.08 Å². The van der Waals surface area contributed by atoms with Crippen molar-refractivity contribution in [1.29, 1.82) is 0 Å². The van der Waals surface area contributed by atoms with Gasteiger partial charge in [0.05, 0.1) is 19.8 Å². The molecule has 0 saturated carbocycles. The minimum Gasteiger partial charge on any atom is -0.465 e. The van der Waals surface area contributed by atoms with Crippen LogP contribution in [0.25, 0.3) is 0 Å². The highest BCUT2D eigenvalue weighted by Crippen LogP contribution is 2.47. The number of nitrogens with zero attached hydrogens (tertiary/aromatic N) is 1. The van der Waals surface area contributed by atoms with Gasteiger partial charge in [-0.15, -0.1) is 0 Å². The molecule has 27 heavy (non-hydrogen) atoms. The zero-order valence-electron chi connectivity index (χ0n) is 16.3. The number of carbonyl (C=O) groups is 2. The molecule has 6 nitrogen and oxygen atoms in total. The summed E-state index contributed by atoms with van der Waals surface area (Å²) in [5.74, 6) is -0.0507. The van der Waals surface area contributed by atoms with Crippen molar-refractivity contribution < 1.29 is 23.8 Å². The number of hydrogen-bond donors (Lipinski definition) is 0. The molecule has 0 unspecified atom stereocenters. The Morgan fingerprint density at radius 2 is 2.11 bits per heavy atom. The van der Waals surface area contributed by atoms with Gasteiger partial charge in [0.15, 0.2) is 11.6 Å². The number of esters is 1. The summed E-state index contributed by atoms with van der Waals surface area (Å²) >= 11 is 0. The van der Waals surface area contributed by atoms with E-state index in [1.54, 1.807) is 0 Å². The normalized spacial score (nSPS) is 29.9. The minimum atomic E-state index is -0.637. The number of Topliss-reactive ketones (excluding diaryl/α,β-unsaturated/α-hetero) is 1. The molecule has 1 saturated heterocycles. The van der Waals surface area contributed by atoms with Gasteiger partial charge in [-0.25, -0.2) is 0 Å². The van der Waals surface area contributed by atoms with Crippen LogP contribution in [-0.4, -0.2) is 55.3 Å². The second-order valence-electron chi connectivity index (χ2n) is 8.00. The van der Waals surface area contributed by atoms with Crippen LogP contribution in [-0.2, 0) is 23.8 Å². The molecule has 0 aromatic heterocycles. The molecule has 0 amide bonds. The minimum absolute atomic E-state index is 0.221.